The zero-order chi connectivity index (χ0) is 58.4. The number of nitrogens with two attached hydrogens (primary N) is 4. The molecule has 1 aliphatic rings. The lowest BCUT2D eigenvalue weighted by Crippen LogP contribution is -2.61. The summed E-state index contributed by atoms with van der Waals surface area (Å²) in [5.41, 5.74) is 23.2. The van der Waals surface area contributed by atoms with E-state index in [1.807, 2.05) is 0 Å². The van der Waals surface area contributed by atoms with Crippen molar-refractivity contribution in [3.63, 3.8) is 0 Å². The molecule has 2 aromatic rings. The van der Waals surface area contributed by atoms with Crippen LogP contribution in [0.3, 0.4) is 0 Å². The van der Waals surface area contributed by atoms with Gasteiger partial charge in [0.25, 0.3) is 0 Å². The smallest absolute Gasteiger partial charge is 0.328 e. The number of fused-ring (bicyclic) bond motifs is 1. The van der Waals surface area contributed by atoms with Gasteiger partial charge in [0.15, 0.2) is 6.04 Å². The lowest BCUT2D eigenvalue weighted by Gasteiger charge is -2.32. The summed E-state index contributed by atoms with van der Waals surface area (Å²) in [6.07, 6.45) is -1.66. The lowest BCUT2D eigenvalue weighted by atomic mass is 10.00. The average molecular weight is 1100 g/mol. The Bertz CT molecular complexity index is 2470. The van der Waals surface area contributed by atoms with E-state index in [1.54, 1.807) is 44.3 Å². The van der Waals surface area contributed by atoms with Crippen molar-refractivity contribution in [2.45, 2.75) is 158 Å². The molecule has 432 valence electrons. The number of para-hydroxylation sites is 1. The van der Waals surface area contributed by atoms with Gasteiger partial charge in [-0.15, -0.1) is 0 Å². The Morgan fingerprint density at radius 2 is 1.19 bits per heavy atom. The molecule has 20 N–H and O–H groups in total. The molecule has 1 fully saturated rings. The Balaban J connectivity index is 1.85. The summed E-state index contributed by atoms with van der Waals surface area (Å²) in [4.78, 5) is 161. The van der Waals surface area contributed by atoms with Gasteiger partial charge in [0.2, 0.25) is 59.1 Å². The number of unbranched alkanes of at least 4 members (excludes halogenated alkanes) is 1. The third-order valence-corrected chi connectivity index (χ3v) is 12.9. The predicted molar refractivity (Wildman–Crippen MR) is 276 cm³/mol. The van der Waals surface area contributed by atoms with Gasteiger partial charge in [0.05, 0.1) is 18.8 Å². The normalized spacial score (nSPS) is 16.7. The molecule has 3 rings (SSSR count). The van der Waals surface area contributed by atoms with E-state index in [9.17, 15) is 78.0 Å². The zero-order valence-electron chi connectivity index (χ0n) is 43.8. The first-order chi connectivity index (χ1) is 36.8. The molecule has 1 aliphatic heterocycles. The Hall–Kier alpha value is -7.76. The van der Waals surface area contributed by atoms with Crippen LogP contribution in [-0.4, -0.2) is 181 Å². The van der Waals surface area contributed by atoms with Crippen molar-refractivity contribution in [3.05, 3.63) is 36.0 Å². The number of amides is 10. The van der Waals surface area contributed by atoms with E-state index in [2.05, 4.69) is 42.2 Å². The number of aromatic amines is 1. The number of aromatic nitrogens is 1. The number of rotatable bonds is 34. The van der Waals surface area contributed by atoms with E-state index in [0.717, 1.165) is 0 Å². The highest BCUT2D eigenvalue weighted by Crippen LogP contribution is 2.23. The molecule has 2 heterocycles. The standard InChI is InChI=1S/C49H75N13O16/c1-24(2)39(48(76)62-20-8-12-35(62)47(75)58-33(45(73)61-40(25(3)64)49(77)78)21-26-22-54-29-10-5-4-9-27(26)29)60-44(72)32(15-18-38(67)68)57-42(70)30(11-6-7-19-50)56-46(74)34(23-63)59-43(71)31(14-17-37(53)66)55-41(69)28(51)13-16-36(52)65/h4-5,9-10,22,24-25,28,30-35,39-40,54,63-64H,6-8,11-21,23,50-51H2,1-3H3,(H2,52,65)(H2,53,66)(H,55,69)(H,56,74)(H,57,70)(H,58,75)(H,59,71)(H,60,72)(H,61,73)(H,67,68)(H,77,78)/t25-,28+,30+,31+,32+,33+,34+,35+,39+,40+/m1/s1. The van der Waals surface area contributed by atoms with Crippen molar-refractivity contribution in [3.8, 4) is 0 Å². The van der Waals surface area contributed by atoms with Gasteiger partial charge in [-0.05, 0) is 82.4 Å². The maximum absolute atomic E-state index is 14.5. The Labute approximate surface area is 448 Å². The van der Waals surface area contributed by atoms with Crippen LogP contribution in [0.4, 0.5) is 0 Å². The lowest BCUT2D eigenvalue weighted by molar-refractivity contribution is -0.146. The first-order valence-electron chi connectivity index (χ1n) is 25.5. The van der Waals surface area contributed by atoms with Crippen LogP contribution in [0, 0.1) is 5.92 Å². The molecule has 1 aromatic heterocycles. The van der Waals surface area contributed by atoms with Gasteiger partial charge in [-0.25, -0.2) is 4.79 Å². The van der Waals surface area contributed by atoms with E-state index in [4.69, 9.17) is 22.9 Å². The van der Waals surface area contributed by atoms with Crippen LogP contribution in [-0.2, 0) is 64.0 Å². The second kappa shape index (κ2) is 31.5. The summed E-state index contributed by atoms with van der Waals surface area (Å²) >= 11 is 0. The summed E-state index contributed by atoms with van der Waals surface area (Å²) in [5.74, 6) is -12.8. The molecule has 10 amide bonds. The van der Waals surface area contributed by atoms with Gasteiger partial charge in [-0.2, -0.15) is 0 Å². The number of likely N-dealkylation sites (tertiary alicyclic amines) is 1. The highest BCUT2D eigenvalue weighted by atomic mass is 16.4. The van der Waals surface area contributed by atoms with E-state index in [1.165, 1.54) is 11.8 Å². The molecular weight excluding hydrogens is 1030 g/mol. The number of carbonyl (C=O) groups is 12. The fourth-order valence-corrected chi connectivity index (χ4v) is 8.46. The Morgan fingerprint density at radius 1 is 0.667 bits per heavy atom. The van der Waals surface area contributed by atoms with Gasteiger partial charge in [0.1, 0.15) is 42.3 Å². The predicted octanol–water partition coefficient (Wildman–Crippen LogP) is -4.94. The van der Waals surface area contributed by atoms with Gasteiger partial charge in [0, 0.05) is 49.3 Å². The number of nitrogens with zero attached hydrogens (tertiary/aromatic N) is 1. The number of aliphatic hydroxyl groups excluding tert-OH is 2. The van der Waals surface area contributed by atoms with Gasteiger partial charge < -0.3 is 90.5 Å². The number of primary amides is 2. The van der Waals surface area contributed by atoms with Gasteiger partial charge in [-0.1, -0.05) is 32.0 Å². The van der Waals surface area contributed by atoms with Crippen molar-refractivity contribution in [1.29, 1.82) is 0 Å². The number of benzene rings is 1. The molecule has 0 spiro atoms. The molecule has 0 unspecified atom stereocenters. The maximum atomic E-state index is 14.5. The summed E-state index contributed by atoms with van der Waals surface area (Å²) in [6, 6.07) is -6.45. The first-order valence-corrected chi connectivity index (χ1v) is 25.5. The number of H-pyrrole nitrogens is 1. The molecule has 29 heteroatoms. The maximum Gasteiger partial charge on any atom is 0.328 e. The minimum absolute atomic E-state index is 0.0202. The molecule has 0 bridgehead atoms. The highest BCUT2D eigenvalue weighted by Gasteiger charge is 2.41. The van der Waals surface area contributed by atoms with Crippen LogP contribution >= 0.6 is 0 Å². The topological polar surface area (TPSA) is 493 Å². The molecule has 1 aromatic carbocycles. The SMILES string of the molecule is CC(C)[C@H](NC(=O)[C@H](CCC(=O)O)NC(=O)[C@H](CCCCN)NC(=O)[C@H](CO)NC(=O)[C@H](CCC(N)=O)NC(=O)[C@@H](N)CCC(N)=O)C(=O)N1CCC[C@H]1C(=O)N[C@@H](Cc1c[nH]c2ccccc12)C(=O)N[C@H](C(=O)O)[C@@H](C)O. The molecule has 29 nitrogen and oxygen atoms in total. The average Bonchev–Trinajstić information content (AvgIpc) is 4.05. The van der Waals surface area contributed by atoms with Gasteiger partial charge in [-0.3, -0.25) is 52.7 Å². The number of aliphatic carboxylic acids is 2. The largest absolute Gasteiger partial charge is 0.481 e. The quantitative estimate of drug-likeness (QED) is 0.0292. The Kier molecular flexibility index (Phi) is 26.0. The van der Waals surface area contributed by atoms with E-state index < -0.39 is 163 Å². The van der Waals surface area contributed by atoms with E-state index in [0.29, 0.717) is 29.3 Å². The molecule has 1 saturated heterocycles. The molecule has 0 radical (unpaired) electrons. The third kappa shape index (κ3) is 20.0. The van der Waals surface area contributed by atoms with Crippen LogP contribution in [0.2, 0.25) is 0 Å². The molecular formula is C49H75N13O16. The number of nitrogens with one attached hydrogen (secondary N) is 8. The fraction of sp³-hybridized carbons (Fsp3) is 0.592. The van der Waals surface area contributed by atoms with E-state index in [-0.39, 0.29) is 58.0 Å². The van der Waals surface area contributed by atoms with E-state index >= 15 is 0 Å². The second-order valence-corrected chi connectivity index (χ2v) is 19.4. The van der Waals surface area contributed by atoms with Crippen molar-refractivity contribution in [1.82, 2.24) is 47.1 Å². The number of hydrogen-bond acceptors (Lipinski definition) is 16. The summed E-state index contributed by atoms with van der Waals surface area (Å²) in [5, 5.41) is 57.2. The number of aliphatic hydroxyl groups is 2. The minimum Gasteiger partial charge on any atom is -0.481 e. The Morgan fingerprint density at radius 3 is 1.76 bits per heavy atom. The zero-order valence-corrected chi connectivity index (χ0v) is 43.8. The summed E-state index contributed by atoms with van der Waals surface area (Å²) in [6.45, 7) is 3.45. The fourth-order valence-electron chi connectivity index (χ4n) is 8.46. The van der Waals surface area contributed by atoms with Crippen molar-refractivity contribution < 1.29 is 78.0 Å². The van der Waals surface area contributed by atoms with Crippen LogP contribution in [0.1, 0.15) is 97.0 Å². The van der Waals surface area contributed by atoms with Crippen LogP contribution < -0.4 is 60.2 Å². The molecule has 10 atom stereocenters. The van der Waals surface area contributed by atoms with Crippen LogP contribution in [0.5, 0.6) is 0 Å². The van der Waals surface area contributed by atoms with Crippen molar-refractivity contribution in [2.24, 2.45) is 28.9 Å². The molecule has 0 aliphatic carbocycles. The number of carboxylic acid groups (broad SMARTS) is 2. The summed E-state index contributed by atoms with van der Waals surface area (Å²) < 4.78 is 0. The first kappa shape index (κ1) is 64.5. The second-order valence-electron chi connectivity index (χ2n) is 19.4. The number of hydrogen-bond donors (Lipinski definition) is 16. The van der Waals surface area contributed by atoms with Crippen LogP contribution in [0.25, 0.3) is 10.9 Å². The van der Waals surface area contributed by atoms with Crippen molar-refractivity contribution >= 4 is 81.9 Å². The molecule has 78 heavy (non-hydrogen) atoms. The van der Waals surface area contributed by atoms with Crippen molar-refractivity contribution in [2.75, 3.05) is 19.7 Å². The van der Waals surface area contributed by atoms with Crippen LogP contribution in [0.15, 0.2) is 30.5 Å². The number of carbonyl (C=O) groups excluding carboxylic acids is 10. The minimum atomic E-state index is -1.79. The monoisotopic (exact) mass is 1100 g/mol. The van der Waals surface area contributed by atoms with Gasteiger partial charge >= 0.3 is 11.9 Å². The number of carboxylic acids is 2. The third-order valence-electron chi connectivity index (χ3n) is 12.9. The molecule has 0 saturated carbocycles. The highest BCUT2D eigenvalue weighted by molar-refractivity contribution is 5.99. The summed E-state index contributed by atoms with van der Waals surface area (Å²) in [7, 11) is 0.